The predicted molar refractivity (Wildman–Crippen MR) is 75.8 cm³/mol. The van der Waals surface area contributed by atoms with Gasteiger partial charge in [0.05, 0.1) is 5.60 Å². The fourth-order valence-electron chi connectivity index (χ4n) is 2.57. The SMILES string of the molecule is CCCNCc1cc(F)c(N2CCC(C)(O)C2)c(F)c1. The number of nitrogens with zero attached hydrogens (tertiary/aromatic N) is 1. The van der Waals surface area contributed by atoms with Gasteiger partial charge >= 0.3 is 0 Å². The first-order valence-corrected chi connectivity index (χ1v) is 7.09. The molecule has 0 bridgehead atoms. The largest absolute Gasteiger partial charge is 0.388 e. The zero-order valence-electron chi connectivity index (χ0n) is 12.0. The van der Waals surface area contributed by atoms with Crippen LogP contribution in [0.1, 0.15) is 32.3 Å². The minimum atomic E-state index is -0.875. The first-order chi connectivity index (χ1) is 9.43. The van der Waals surface area contributed by atoms with E-state index in [-0.39, 0.29) is 12.2 Å². The summed E-state index contributed by atoms with van der Waals surface area (Å²) in [6.45, 7) is 5.73. The highest BCUT2D eigenvalue weighted by molar-refractivity contribution is 5.52. The third-order valence-corrected chi connectivity index (χ3v) is 3.60. The van der Waals surface area contributed by atoms with Gasteiger partial charge in [0.1, 0.15) is 17.3 Å². The van der Waals surface area contributed by atoms with E-state index < -0.39 is 17.2 Å². The Kier molecular flexibility index (Phi) is 4.60. The summed E-state index contributed by atoms with van der Waals surface area (Å²) in [6, 6.07) is 2.74. The Labute approximate surface area is 118 Å². The quantitative estimate of drug-likeness (QED) is 0.815. The Hall–Kier alpha value is -1.20. The van der Waals surface area contributed by atoms with E-state index in [1.165, 1.54) is 12.1 Å². The van der Waals surface area contributed by atoms with Crippen LogP contribution < -0.4 is 10.2 Å². The Balaban J connectivity index is 2.15. The minimum absolute atomic E-state index is 0.0259. The van der Waals surface area contributed by atoms with Crippen LogP contribution in [0.5, 0.6) is 0 Å². The first kappa shape index (κ1) is 15.2. The molecule has 0 saturated carbocycles. The zero-order chi connectivity index (χ0) is 14.8. The Morgan fingerprint density at radius 3 is 2.50 bits per heavy atom. The van der Waals surface area contributed by atoms with Gasteiger partial charge in [-0.05, 0) is 44.0 Å². The highest BCUT2D eigenvalue weighted by atomic mass is 19.1. The lowest BCUT2D eigenvalue weighted by atomic mass is 10.1. The van der Waals surface area contributed by atoms with E-state index >= 15 is 0 Å². The lowest BCUT2D eigenvalue weighted by molar-refractivity contribution is 0.0839. The van der Waals surface area contributed by atoms with Gasteiger partial charge < -0.3 is 15.3 Å². The topological polar surface area (TPSA) is 35.5 Å². The van der Waals surface area contributed by atoms with Gasteiger partial charge in [-0.2, -0.15) is 0 Å². The molecule has 1 heterocycles. The molecule has 1 aromatic carbocycles. The van der Waals surface area contributed by atoms with Gasteiger partial charge in [-0.3, -0.25) is 0 Å². The van der Waals surface area contributed by atoms with Crippen LogP contribution >= 0.6 is 0 Å². The molecular weight excluding hydrogens is 262 g/mol. The molecule has 1 fully saturated rings. The molecule has 1 unspecified atom stereocenters. The van der Waals surface area contributed by atoms with Crippen molar-refractivity contribution >= 4 is 5.69 Å². The number of hydrogen-bond acceptors (Lipinski definition) is 3. The van der Waals surface area contributed by atoms with E-state index in [9.17, 15) is 13.9 Å². The monoisotopic (exact) mass is 284 g/mol. The molecule has 1 atom stereocenters. The molecule has 3 nitrogen and oxygen atoms in total. The van der Waals surface area contributed by atoms with Crippen molar-refractivity contribution in [2.75, 3.05) is 24.5 Å². The van der Waals surface area contributed by atoms with Crippen molar-refractivity contribution in [2.45, 2.75) is 38.8 Å². The number of anilines is 1. The molecule has 1 aliphatic heterocycles. The number of rotatable bonds is 5. The molecule has 112 valence electrons. The molecule has 2 N–H and O–H groups in total. The average molecular weight is 284 g/mol. The predicted octanol–water partition coefficient (Wildman–Crippen LogP) is 2.43. The van der Waals surface area contributed by atoms with Gasteiger partial charge in [0.2, 0.25) is 0 Å². The van der Waals surface area contributed by atoms with Crippen molar-refractivity contribution in [3.63, 3.8) is 0 Å². The van der Waals surface area contributed by atoms with Crippen molar-refractivity contribution in [3.05, 3.63) is 29.3 Å². The van der Waals surface area contributed by atoms with Gasteiger partial charge in [-0.15, -0.1) is 0 Å². The summed E-state index contributed by atoms with van der Waals surface area (Å²) < 4.78 is 28.3. The molecule has 1 saturated heterocycles. The van der Waals surface area contributed by atoms with E-state index in [4.69, 9.17) is 0 Å². The van der Waals surface area contributed by atoms with Gasteiger partial charge in [0, 0.05) is 19.6 Å². The molecule has 1 aromatic rings. The molecule has 5 heteroatoms. The normalized spacial score (nSPS) is 22.6. The standard InChI is InChI=1S/C15H22F2N2O/c1-3-5-18-9-11-7-12(16)14(13(17)8-11)19-6-4-15(2,20)10-19/h7-8,18,20H,3-6,9-10H2,1-2H3. The second kappa shape index (κ2) is 6.06. The zero-order valence-corrected chi connectivity index (χ0v) is 12.0. The van der Waals surface area contributed by atoms with Crippen molar-refractivity contribution in [3.8, 4) is 0 Å². The van der Waals surface area contributed by atoms with Crippen LogP contribution in [0.15, 0.2) is 12.1 Å². The summed E-state index contributed by atoms with van der Waals surface area (Å²) in [7, 11) is 0. The number of β-amino-alcohol motifs (C(OH)–C–C–N with tert-alkyl or cyclic N) is 1. The van der Waals surface area contributed by atoms with Crippen LogP contribution in [0.3, 0.4) is 0 Å². The van der Waals surface area contributed by atoms with E-state index in [2.05, 4.69) is 5.32 Å². The summed E-state index contributed by atoms with van der Waals surface area (Å²) in [6.07, 6.45) is 1.50. The highest BCUT2D eigenvalue weighted by Crippen LogP contribution is 2.31. The molecule has 20 heavy (non-hydrogen) atoms. The fraction of sp³-hybridized carbons (Fsp3) is 0.600. The molecule has 0 amide bonds. The molecule has 1 aliphatic rings. The van der Waals surface area contributed by atoms with Crippen molar-refractivity contribution in [1.82, 2.24) is 5.32 Å². The summed E-state index contributed by atoms with van der Waals surface area (Å²) >= 11 is 0. The third-order valence-electron chi connectivity index (χ3n) is 3.60. The summed E-state index contributed by atoms with van der Waals surface area (Å²) in [5, 5.41) is 13.0. The van der Waals surface area contributed by atoms with Gasteiger partial charge in [0.15, 0.2) is 0 Å². The molecule has 0 radical (unpaired) electrons. The average Bonchev–Trinajstić information content (AvgIpc) is 2.69. The smallest absolute Gasteiger partial charge is 0.149 e. The Morgan fingerprint density at radius 2 is 2.00 bits per heavy atom. The molecular formula is C15H22F2N2O. The molecule has 0 aliphatic carbocycles. The maximum atomic E-state index is 14.1. The Bertz CT molecular complexity index is 454. The van der Waals surface area contributed by atoms with E-state index in [1.807, 2.05) is 6.92 Å². The van der Waals surface area contributed by atoms with Crippen LogP contribution in [0.4, 0.5) is 14.5 Å². The van der Waals surface area contributed by atoms with Gasteiger partial charge in [-0.1, -0.05) is 6.92 Å². The van der Waals surface area contributed by atoms with Crippen molar-refractivity contribution in [2.24, 2.45) is 0 Å². The van der Waals surface area contributed by atoms with Crippen molar-refractivity contribution in [1.29, 1.82) is 0 Å². The van der Waals surface area contributed by atoms with Crippen LogP contribution in [-0.2, 0) is 6.54 Å². The fourth-order valence-corrected chi connectivity index (χ4v) is 2.57. The number of nitrogens with one attached hydrogen (secondary N) is 1. The summed E-state index contributed by atoms with van der Waals surface area (Å²) in [5.41, 5.74) is -0.301. The number of benzene rings is 1. The second-order valence-corrected chi connectivity index (χ2v) is 5.75. The lowest BCUT2D eigenvalue weighted by Crippen LogP contribution is -2.30. The second-order valence-electron chi connectivity index (χ2n) is 5.75. The number of hydrogen-bond donors (Lipinski definition) is 2. The van der Waals surface area contributed by atoms with Crippen LogP contribution in [0.2, 0.25) is 0 Å². The van der Waals surface area contributed by atoms with Crippen LogP contribution in [-0.4, -0.2) is 30.3 Å². The maximum Gasteiger partial charge on any atom is 0.149 e. The van der Waals surface area contributed by atoms with Crippen LogP contribution in [0.25, 0.3) is 0 Å². The van der Waals surface area contributed by atoms with Gasteiger partial charge in [-0.25, -0.2) is 8.78 Å². The highest BCUT2D eigenvalue weighted by Gasteiger charge is 2.33. The molecule has 0 spiro atoms. The van der Waals surface area contributed by atoms with Crippen LogP contribution in [0, 0.1) is 11.6 Å². The maximum absolute atomic E-state index is 14.1. The van der Waals surface area contributed by atoms with E-state index in [0.717, 1.165) is 13.0 Å². The van der Waals surface area contributed by atoms with E-state index in [0.29, 0.717) is 25.1 Å². The van der Waals surface area contributed by atoms with E-state index in [1.54, 1.807) is 11.8 Å². The summed E-state index contributed by atoms with van der Waals surface area (Å²) in [5.74, 6) is -1.12. The number of aliphatic hydroxyl groups is 1. The number of halogens is 2. The van der Waals surface area contributed by atoms with Crippen molar-refractivity contribution < 1.29 is 13.9 Å². The first-order valence-electron chi connectivity index (χ1n) is 7.09. The van der Waals surface area contributed by atoms with Gasteiger partial charge in [0.25, 0.3) is 0 Å². The Morgan fingerprint density at radius 1 is 1.35 bits per heavy atom. The molecule has 0 aromatic heterocycles. The molecule has 2 rings (SSSR count). The lowest BCUT2D eigenvalue weighted by Gasteiger charge is -2.22. The summed E-state index contributed by atoms with van der Waals surface area (Å²) in [4.78, 5) is 1.58. The third kappa shape index (κ3) is 3.46. The minimum Gasteiger partial charge on any atom is -0.388 e.